The van der Waals surface area contributed by atoms with Gasteiger partial charge in [-0.15, -0.1) is 5.10 Å². The van der Waals surface area contributed by atoms with Gasteiger partial charge < -0.3 is 10.6 Å². The van der Waals surface area contributed by atoms with Crippen molar-refractivity contribution in [3.8, 4) is 0 Å². The van der Waals surface area contributed by atoms with E-state index in [-0.39, 0.29) is 23.4 Å². The number of carbonyl (C=O) groups excluding carboxylic acids is 2. The molecule has 4 rings (SSSR count). The molecular formula is C14H16N6O2. The molecule has 2 aromatic heterocycles. The summed E-state index contributed by atoms with van der Waals surface area (Å²) in [6.07, 6.45) is 5.55. The summed E-state index contributed by atoms with van der Waals surface area (Å²) in [7, 11) is 0. The Morgan fingerprint density at radius 3 is 3.00 bits per heavy atom. The van der Waals surface area contributed by atoms with Crippen LogP contribution in [0, 0.1) is 0 Å². The van der Waals surface area contributed by atoms with Crippen LogP contribution in [0.1, 0.15) is 42.5 Å². The molecule has 114 valence electrons. The standard InChI is InChI=1S/C14H16N6O2/c21-11-3-2-10(14(17-11)4-1-5-14)16-13(22)8-6-9-12(15-7-8)19-20-18-9/h6-7,10H,1-5H2,(H,16,22)(H,17,21)(H,15,18,19,20). The van der Waals surface area contributed by atoms with Gasteiger partial charge in [-0.05, 0) is 31.7 Å². The van der Waals surface area contributed by atoms with Crippen molar-refractivity contribution in [1.82, 2.24) is 31.0 Å². The summed E-state index contributed by atoms with van der Waals surface area (Å²) in [4.78, 5) is 28.2. The van der Waals surface area contributed by atoms with Crippen molar-refractivity contribution >= 4 is 23.0 Å². The number of carbonyl (C=O) groups is 2. The molecule has 2 amide bonds. The summed E-state index contributed by atoms with van der Waals surface area (Å²) >= 11 is 0. The topological polar surface area (TPSA) is 113 Å². The summed E-state index contributed by atoms with van der Waals surface area (Å²) in [6, 6.07) is 1.63. The highest BCUT2D eigenvalue weighted by atomic mass is 16.2. The second kappa shape index (κ2) is 4.75. The van der Waals surface area contributed by atoms with Crippen LogP contribution in [0.2, 0.25) is 0 Å². The predicted molar refractivity (Wildman–Crippen MR) is 76.9 cm³/mol. The molecule has 1 aliphatic carbocycles. The monoisotopic (exact) mass is 300 g/mol. The second-order valence-electron chi connectivity index (χ2n) is 6.01. The molecule has 1 saturated carbocycles. The van der Waals surface area contributed by atoms with E-state index in [1.54, 1.807) is 6.07 Å². The fraction of sp³-hybridized carbons (Fsp3) is 0.500. The summed E-state index contributed by atoms with van der Waals surface area (Å²) < 4.78 is 0. The molecule has 0 radical (unpaired) electrons. The molecule has 22 heavy (non-hydrogen) atoms. The van der Waals surface area contributed by atoms with Crippen LogP contribution in [0.15, 0.2) is 12.3 Å². The number of aromatic nitrogens is 4. The molecule has 0 bridgehead atoms. The van der Waals surface area contributed by atoms with Gasteiger partial charge in [-0.1, -0.05) is 0 Å². The first-order valence-corrected chi connectivity index (χ1v) is 7.45. The number of hydrogen-bond acceptors (Lipinski definition) is 5. The van der Waals surface area contributed by atoms with Gasteiger partial charge in [0, 0.05) is 12.6 Å². The third-order valence-corrected chi connectivity index (χ3v) is 4.70. The minimum absolute atomic E-state index is 0.0283. The van der Waals surface area contributed by atoms with Crippen LogP contribution in [0.3, 0.4) is 0 Å². The van der Waals surface area contributed by atoms with E-state index in [0.29, 0.717) is 29.6 Å². The largest absolute Gasteiger partial charge is 0.349 e. The minimum atomic E-state index is -0.254. The Balaban J connectivity index is 1.54. The second-order valence-corrected chi connectivity index (χ2v) is 6.01. The maximum atomic E-state index is 12.5. The molecule has 8 nitrogen and oxygen atoms in total. The Bertz CT molecular complexity index is 751. The van der Waals surface area contributed by atoms with Gasteiger partial charge in [-0.2, -0.15) is 10.3 Å². The molecule has 2 aromatic rings. The highest BCUT2D eigenvalue weighted by Gasteiger charge is 2.48. The molecule has 1 atom stereocenters. The zero-order valence-electron chi connectivity index (χ0n) is 11.9. The first kappa shape index (κ1) is 13.2. The molecule has 3 heterocycles. The predicted octanol–water partition coefficient (Wildman–Crippen LogP) is 0.284. The van der Waals surface area contributed by atoms with Gasteiger partial charge in [0.2, 0.25) is 11.6 Å². The van der Waals surface area contributed by atoms with Crippen molar-refractivity contribution < 1.29 is 9.59 Å². The van der Waals surface area contributed by atoms with Crippen molar-refractivity contribution in [2.24, 2.45) is 0 Å². The van der Waals surface area contributed by atoms with Crippen LogP contribution in [0.5, 0.6) is 0 Å². The van der Waals surface area contributed by atoms with Gasteiger partial charge in [-0.25, -0.2) is 4.98 Å². The average Bonchev–Trinajstić information content (AvgIpc) is 2.94. The van der Waals surface area contributed by atoms with Crippen LogP contribution in [-0.2, 0) is 4.79 Å². The molecule has 1 aliphatic heterocycles. The van der Waals surface area contributed by atoms with E-state index >= 15 is 0 Å². The molecule has 1 saturated heterocycles. The third-order valence-electron chi connectivity index (χ3n) is 4.70. The molecule has 1 unspecified atom stereocenters. The first-order valence-electron chi connectivity index (χ1n) is 7.45. The molecular weight excluding hydrogens is 284 g/mol. The Hall–Kier alpha value is -2.51. The van der Waals surface area contributed by atoms with Crippen LogP contribution >= 0.6 is 0 Å². The highest BCUT2D eigenvalue weighted by molar-refractivity contribution is 5.96. The lowest BCUT2D eigenvalue weighted by molar-refractivity contribution is -0.127. The molecule has 2 fully saturated rings. The van der Waals surface area contributed by atoms with Crippen LogP contribution in [-0.4, -0.2) is 43.8 Å². The number of amides is 2. The van der Waals surface area contributed by atoms with Crippen molar-refractivity contribution in [2.75, 3.05) is 0 Å². The van der Waals surface area contributed by atoms with E-state index in [1.165, 1.54) is 6.20 Å². The number of fused-ring (bicyclic) bond motifs is 1. The average molecular weight is 300 g/mol. The number of piperidine rings is 1. The summed E-state index contributed by atoms with van der Waals surface area (Å²) in [6.45, 7) is 0. The van der Waals surface area contributed by atoms with E-state index in [4.69, 9.17) is 0 Å². The number of nitrogens with one attached hydrogen (secondary N) is 3. The highest BCUT2D eigenvalue weighted by Crippen LogP contribution is 2.38. The lowest BCUT2D eigenvalue weighted by Gasteiger charge is -2.50. The van der Waals surface area contributed by atoms with Gasteiger partial charge in [0.1, 0.15) is 5.52 Å². The van der Waals surface area contributed by atoms with Crippen molar-refractivity contribution in [1.29, 1.82) is 0 Å². The number of H-pyrrole nitrogens is 1. The zero-order valence-corrected chi connectivity index (χ0v) is 11.9. The number of hydrogen-bond donors (Lipinski definition) is 3. The van der Waals surface area contributed by atoms with Gasteiger partial charge in [0.05, 0.1) is 17.1 Å². The van der Waals surface area contributed by atoms with Gasteiger partial charge >= 0.3 is 0 Å². The van der Waals surface area contributed by atoms with E-state index in [2.05, 4.69) is 31.0 Å². The summed E-state index contributed by atoms with van der Waals surface area (Å²) in [5.41, 5.74) is 1.24. The Morgan fingerprint density at radius 2 is 2.23 bits per heavy atom. The number of aromatic amines is 1. The molecule has 0 aromatic carbocycles. The quantitative estimate of drug-likeness (QED) is 0.737. The van der Waals surface area contributed by atoms with Crippen LogP contribution in [0.4, 0.5) is 0 Å². The van der Waals surface area contributed by atoms with E-state index in [9.17, 15) is 9.59 Å². The maximum Gasteiger partial charge on any atom is 0.253 e. The van der Waals surface area contributed by atoms with Crippen LogP contribution in [0.25, 0.3) is 11.2 Å². The normalized spacial score (nSPS) is 23.1. The molecule has 1 spiro atoms. The lowest BCUT2D eigenvalue weighted by atomic mass is 9.68. The summed E-state index contributed by atoms with van der Waals surface area (Å²) in [5.74, 6) is -0.110. The number of nitrogens with zero attached hydrogens (tertiary/aromatic N) is 3. The molecule has 2 aliphatic rings. The first-order chi connectivity index (χ1) is 10.7. The summed E-state index contributed by atoms with van der Waals surface area (Å²) in [5, 5.41) is 16.4. The van der Waals surface area contributed by atoms with E-state index in [0.717, 1.165) is 19.3 Å². The van der Waals surface area contributed by atoms with Gasteiger partial charge in [-0.3, -0.25) is 9.59 Å². The third kappa shape index (κ3) is 2.02. The zero-order chi connectivity index (χ0) is 15.2. The lowest BCUT2D eigenvalue weighted by Crippen LogP contribution is -2.68. The van der Waals surface area contributed by atoms with Crippen LogP contribution < -0.4 is 10.6 Å². The fourth-order valence-corrected chi connectivity index (χ4v) is 3.33. The van der Waals surface area contributed by atoms with Crippen molar-refractivity contribution in [3.05, 3.63) is 17.8 Å². The van der Waals surface area contributed by atoms with Crippen molar-refractivity contribution in [3.63, 3.8) is 0 Å². The van der Waals surface area contributed by atoms with Crippen molar-refractivity contribution in [2.45, 2.75) is 43.7 Å². The maximum absolute atomic E-state index is 12.5. The number of rotatable bonds is 2. The SMILES string of the molecule is O=C1CCC(NC(=O)c2cnc3n[nH]nc3c2)C2(CCC2)N1. The fourth-order valence-electron chi connectivity index (χ4n) is 3.33. The Kier molecular flexibility index (Phi) is 2.85. The Labute approximate surface area is 126 Å². The van der Waals surface area contributed by atoms with E-state index < -0.39 is 0 Å². The Morgan fingerprint density at radius 1 is 1.36 bits per heavy atom. The smallest absolute Gasteiger partial charge is 0.253 e. The number of pyridine rings is 1. The molecule has 8 heteroatoms. The molecule has 3 N–H and O–H groups in total. The van der Waals surface area contributed by atoms with Gasteiger partial charge in [0.15, 0.2) is 0 Å². The van der Waals surface area contributed by atoms with E-state index in [1.807, 2.05) is 0 Å². The van der Waals surface area contributed by atoms with Gasteiger partial charge in [0.25, 0.3) is 5.91 Å². The minimum Gasteiger partial charge on any atom is -0.349 e.